The van der Waals surface area contributed by atoms with Crippen LogP contribution in [0, 0.1) is 11.8 Å². The number of ketones is 3. The molecule has 2 amide bonds. The smallest absolute Gasteiger partial charge is 0.316 e. The normalized spacial score (nSPS) is 21.1. The molecule has 1 aromatic rings. The molecule has 6 nitrogen and oxygen atoms in total. The van der Waals surface area contributed by atoms with Crippen molar-refractivity contribution < 1.29 is 19.2 Å². The summed E-state index contributed by atoms with van der Waals surface area (Å²) < 4.78 is 0. The van der Waals surface area contributed by atoms with Gasteiger partial charge in [-0.25, -0.2) is 4.79 Å². The monoisotopic (exact) mass is 314 g/mol. The van der Waals surface area contributed by atoms with Gasteiger partial charge in [-0.3, -0.25) is 14.4 Å². The third kappa shape index (κ3) is 2.65. The lowest BCUT2D eigenvalue weighted by Crippen LogP contribution is -2.32. The Morgan fingerprint density at radius 2 is 1.74 bits per heavy atom. The number of fused-ring (bicyclic) bond motifs is 1. The molecular formula is C17H18N2O4. The first-order valence-corrected chi connectivity index (χ1v) is 7.82. The SMILES string of the molecule is NC(=O)Nc1cccc2c1C(=O)C(C(=O)C1CCCCC1)C2=O. The molecule has 0 spiro atoms. The summed E-state index contributed by atoms with van der Waals surface area (Å²) in [6.07, 6.45) is 4.46. The van der Waals surface area contributed by atoms with Crippen LogP contribution in [0.15, 0.2) is 18.2 Å². The van der Waals surface area contributed by atoms with Gasteiger partial charge in [-0.15, -0.1) is 0 Å². The highest BCUT2D eigenvalue weighted by Crippen LogP contribution is 2.36. The van der Waals surface area contributed by atoms with Crippen molar-refractivity contribution in [1.29, 1.82) is 0 Å². The van der Waals surface area contributed by atoms with E-state index in [-0.39, 0.29) is 28.5 Å². The summed E-state index contributed by atoms with van der Waals surface area (Å²) in [7, 11) is 0. The molecule has 3 N–H and O–H groups in total. The minimum Gasteiger partial charge on any atom is -0.351 e. The van der Waals surface area contributed by atoms with Gasteiger partial charge in [0, 0.05) is 11.5 Å². The summed E-state index contributed by atoms with van der Waals surface area (Å²) in [4.78, 5) is 48.9. The number of carbonyl (C=O) groups is 4. The Balaban J connectivity index is 1.94. The molecule has 0 bridgehead atoms. The van der Waals surface area contributed by atoms with Crippen LogP contribution >= 0.6 is 0 Å². The van der Waals surface area contributed by atoms with E-state index in [1.165, 1.54) is 12.1 Å². The van der Waals surface area contributed by atoms with E-state index in [4.69, 9.17) is 5.73 Å². The number of rotatable bonds is 3. The van der Waals surface area contributed by atoms with Gasteiger partial charge in [0.2, 0.25) is 0 Å². The zero-order chi connectivity index (χ0) is 16.6. The fraction of sp³-hybridized carbons (Fsp3) is 0.412. The van der Waals surface area contributed by atoms with E-state index in [2.05, 4.69) is 5.32 Å². The molecule has 0 saturated heterocycles. The second-order valence-electron chi connectivity index (χ2n) is 6.12. The average Bonchev–Trinajstić information content (AvgIpc) is 2.79. The number of amides is 2. The van der Waals surface area contributed by atoms with Gasteiger partial charge in [-0.05, 0) is 18.9 Å². The maximum absolute atomic E-state index is 12.7. The third-order valence-corrected chi connectivity index (χ3v) is 4.65. The summed E-state index contributed by atoms with van der Waals surface area (Å²) >= 11 is 0. The van der Waals surface area contributed by atoms with Crippen molar-refractivity contribution in [3.05, 3.63) is 29.3 Å². The number of Topliss-reactive ketones (excluding diaryl/α,β-unsaturated/α-hetero) is 3. The molecule has 0 aliphatic heterocycles. The number of anilines is 1. The predicted octanol–water partition coefficient (Wildman–Crippen LogP) is 2.32. The number of hydrogen-bond donors (Lipinski definition) is 2. The minimum atomic E-state index is -1.26. The van der Waals surface area contributed by atoms with E-state index in [0.29, 0.717) is 0 Å². The van der Waals surface area contributed by atoms with Crippen LogP contribution in [0.1, 0.15) is 52.8 Å². The van der Waals surface area contributed by atoms with E-state index in [9.17, 15) is 19.2 Å². The van der Waals surface area contributed by atoms with Crippen molar-refractivity contribution in [2.75, 3.05) is 5.32 Å². The zero-order valence-corrected chi connectivity index (χ0v) is 12.6. The van der Waals surface area contributed by atoms with Crippen molar-refractivity contribution in [3.63, 3.8) is 0 Å². The first-order valence-electron chi connectivity index (χ1n) is 7.82. The number of nitrogens with two attached hydrogens (primary N) is 1. The molecule has 120 valence electrons. The lowest BCUT2D eigenvalue weighted by molar-refractivity contribution is -0.125. The number of nitrogens with one attached hydrogen (secondary N) is 1. The molecule has 1 aromatic carbocycles. The highest BCUT2D eigenvalue weighted by Gasteiger charge is 2.46. The predicted molar refractivity (Wildman–Crippen MR) is 83.4 cm³/mol. The quantitative estimate of drug-likeness (QED) is 0.835. The van der Waals surface area contributed by atoms with Crippen LogP contribution in [0.5, 0.6) is 0 Å². The van der Waals surface area contributed by atoms with Crippen molar-refractivity contribution in [2.24, 2.45) is 17.6 Å². The van der Waals surface area contributed by atoms with E-state index in [0.717, 1.165) is 32.1 Å². The van der Waals surface area contributed by atoms with Crippen LogP contribution in [0.4, 0.5) is 10.5 Å². The van der Waals surface area contributed by atoms with E-state index < -0.39 is 23.5 Å². The summed E-state index contributed by atoms with van der Waals surface area (Å²) in [5.41, 5.74) is 5.58. The lowest BCUT2D eigenvalue weighted by atomic mass is 9.80. The van der Waals surface area contributed by atoms with Crippen LogP contribution < -0.4 is 11.1 Å². The van der Waals surface area contributed by atoms with Crippen molar-refractivity contribution in [3.8, 4) is 0 Å². The fourth-order valence-electron chi connectivity index (χ4n) is 3.56. The molecule has 0 aromatic heterocycles. The summed E-state index contributed by atoms with van der Waals surface area (Å²) in [6, 6.07) is 3.75. The lowest BCUT2D eigenvalue weighted by Gasteiger charge is -2.22. The average molecular weight is 314 g/mol. The third-order valence-electron chi connectivity index (χ3n) is 4.65. The highest BCUT2D eigenvalue weighted by atomic mass is 16.2. The van der Waals surface area contributed by atoms with Crippen LogP contribution in [-0.4, -0.2) is 23.4 Å². The van der Waals surface area contributed by atoms with Gasteiger partial charge in [-0.1, -0.05) is 31.4 Å². The molecule has 1 fully saturated rings. The number of carbonyl (C=O) groups excluding carboxylic acids is 4. The maximum Gasteiger partial charge on any atom is 0.316 e. The van der Waals surface area contributed by atoms with E-state index in [1.54, 1.807) is 6.07 Å². The minimum absolute atomic E-state index is 0.102. The molecule has 6 heteroatoms. The van der Waals surface area contributed by atoms with Crippen molar-refractivity contribution >= 4 is 29.1 Å². The van der Waals surface area contributed by atoms with Crippen molar-refractivity contribution in [1.82, 2.24) is 0 Å². The summed E-state index contributed by atoms with van der Waals surface area (Å²) in [5.74, 6) is -2.74. The molecule has 2 aliphatic rings. The number of benzene rings is 1. The van der Waals surface area contributed by atoms with Crippen LogP contribution in [0.25, 0.3) is 0 Å². The van der Waals surface area contributed by atoms with Gasteiger partial charge >= 0.3 is 6.03 Å². The van der Waals surface area contributed by atoms with E-state index in [1.807, 2.05) is 0 Å². The first-order chi connectivity index (χ1) is 11.0. The van der Waals surface area contributed by atoms with Gasteiger partial charge in [0.15, 0.2) is 17.3 Å². The Bertz CT molecular complexity index is 705. The molecule has 1 atom stereocenters. The van der Waals surface area contributed by atoms with Gasteiger partial charge in [0.1, 0.15) is 5.92 Å². The Morgan fingerprint density at radius 1 is 1.04 bits per heavy atom. The van der Waals surface area contributed by atoms with Gasteiger partial charge in [-0.2, -0.15) is 0 Å². The van der Waals surface area contributed by atoms with Crippen LogP contribution in [0.3, 0.4) is 0 Å². The highest BCUT2D eigenvalue weighted by molar-refractivity contribution is 6.37. The molecular weight excluding hydrogens is 296 g/mol. The Morgan fingerprint density at radius 3 is 2.39 bits per heavy atom. The number of primary amides is 1. The molecule has 23 heavy (non-hydrogen) atoms. The second-order valence-corrected chi connectivity index (χ2v) is 6.12. The van der Waals surface area contributed by atoms with Crippen LogP contribution in [0.2, 0.25) is 0 Å². The zero-order valence-electron chi connectivity index (χ0n) is 12.6. The second kappa shape index (κ2) is 5.95. The molecule has 2 aliphatic carbocycles. The molecule has 0 radical (unpaired) electrons. The van der Waals surface area contributed by atoms with Crippen LogP contribution in [-0.2, 0) is 4.79 Å². The Kier molecular flexibility index (Phi) is 3.98. The Hall–Kier alpha value is -2.50. The van der Waals surface area contributed by atoms with Gasteiger partial charge < -0.3 is 11.1 Å². The molecule has 1 unspecified atom stereocenters. The molecule has 3 rings (SSSR count). The van der Waals surface area contributed by atoms with Gasteiger partial charge in [0.05, 0.1) is 11.3 Å². The van der Waals surface area contributed by atoms with E-state index >= 15 is 0 Å². The number of hydrogen-bond acceptors (Lipinski definition) is 4. The molecule has 0 heterocycles. The first kappa shape index (κ1) is 15.4. The maximum atomic E-state index is 12.7. The summed E-state index contributed by atoms with van der Waals surface area (Å²) in [5, 5.41) is 2.35. The fourth-order valence-corrected chi connectivity index (χ4v) is 3.56. The molecule has 1 saturated carbocycles. The number of urea groups is 1. The topological polar surface area (TPSA) is 106 Å². The standard InChI is InChI=1S/C17H18N2O4/c18-17(23)19-11-8-4-7-10-12(11)16(22)13(15(10)21)14(20)9-5-2-1-3-6-9/h4,7-9,13H,1-3,5-6H2,(H3,18,19,23). The Labute approximate surface area is 133 Å². The largest absolute Gasteiger partial charge is 0.351 e. The van der Waals surface area contributed by atoms with Crippen molar-refractivity contribution in [2.45, 2.75) is 32.1 Å². The summed E-state index contributed by atoms with van der Waals surface area (Å²) in [6.45, 7) is 0. The van der Waals surface area contributed by atoms with Gasteiger partial charge in [0.25, 0.3) is 0 Å².